The van der Waals surface area contributed by atoms with Gasteiger partial charge >= 0.3 is 5.97 Å². The van der Waals surface area contributed by atoms with E-state index in [1.54, 1.807) is 6.92 Å². The SMILES string of the molecule is CCOC(=O)CN(C)C(=O)C=Cc1c(F)cccc1Cl. The molecule has 0 aliphatic rings. The summed E-state index contributed by atoms with van der Waals surface area (Å²) in [5.41, 5.74) is 0.132. The summed E-state index contributed by atoms with van der Waals surface area (Å²) in [6, 6.07) is 4.25. The minimum atomic E-state index is -0.519. The Morgan fingerprint density at radius 3 is 2.75 bits per heavy atom. The largest absolute Gasteiger partial charge is 0.465 e. The second kappa shape index (κ2) is 7.65. The average Bonchev–Trinajstić information content (AvgIpc) is 2.38. The monoisotopic (exact) mass is 299 g/mol. The molecule has 0 radical (unpaired) electrons. The molecule has 108 valence electrons. The first-order valence-electron chi connectivity index (χ1n) is 5.98. The molecule has 0 N–H and O–H groups in total. The zero-order valence-electron chi connectivity index (χ0n) is 11.2. The highest BCUT2D eigenvalue weighted by atomic mass is 35.5. The summed E-state index contributed by atoms with van der Waals surface area (Å²) in [7, 11) is 1.45. The summed E-state index contributed by atoms with van der Waals surface area (Å²) in [5.74, 6) is -1.47. The Kier molecular flexibility index (Phi) is 6.18. The molecule has 0 unspecified atom stereocenters. The molecule has 1 aromatic rings. The number of carbonyl (C=O) groups is 2. The molecule has 0 aliphatic carbocycles. The van der Waals surface area contributed by atoms with Gasteiger partial charge in [0.15, 0.2) is 0 Å². The van der Waals surface area contributed by atoms with E-state index in [9.17, 15) is 14.0 Å². The smallest absolute Gasteiger partial charge is 0.325 e. The van der Waals surface area contributed by atoms with Crippen LogP contribution in [0.5, 0.6) is 0 Å². The number of hydrogen-bond acceptors (Lipinski definition) is 3. The molecular formula is C14H15ClFNO3. The highest BCUT2D eigenvalue weighted by molar-refractivity contribution is 6.32. The van der Waals surface area contributed by atoms with Crippen LogP contribution in [0.1, 0.15) is 12.5 Å². The van der Waals surface area contributed by atoms with Gasteiger partial charge in [-0.15, -0.1) is 0 Å². The van der Waals surface area contributed by atoms with E-state index in [0.717, 1.165) is 6.08 Å². The fourth-order valence-corrected chi connectivity index (χ4v) is 1.66. The van der Waals surface area contributed by atoms with E-state index in [1.165, 1.54) is 36.2 Å². The summed E-state index contributed by atoms with van der Waals surface area (Å²) in [6.07, 6.45) is 2.44. The fraction of sp³-hybridized carbons (Fsp3) is 0.286. The molecule has 0 aromatic heterocycles. The quantitative estimate of drug-likeness (QED) is 0.620. The molecule has 1 rings (SSSR count). The number of rotatable bonds is 5. The van der Waals surface area contributed by atoms with Crippen LogP contribution in [-0.2, 0) is 14.3 Å². The second-order valence-corrected chi connectivity index (χ2v) is 4.38. The first kappa shape index (κ1) is 16.2. The van der Waals surface area contributed by atoms with Gasteiger partial charge < -0.3 is 9.64 Å². The average molecular weight is 300 g/mol. The first-order chi connectivity index (χ1) is 9.45. The van der Waals surface area contributed by atoms with Crippen LogP contribution in [0.3, 0.4) is 0 Å². The number of esters is 1. The predicted octanol–water partition coefficient (Wildman–Crippen LogP) is 2.51. The number of benzene rings is 1. The Morgan fingerprint density at radius 2 is 2.15 bits per heavy atom. The van der Waals surface area contributed by atoms with E-state index in [2.05, 4.69) is 0 Å². The first-order valence-corrected chi connectivity index (χ1v) is 6.36. The molecule has 0 fully saturated rings. The standard InChI is InChI=1S/C14H15ClFNO3/c1-3-20-14(19)9-17(2)13(18)8-7-10-11(15)5-4-6-12(10)16/h4-8H,3,9H2,1-2H3. The topological polar surface area (TPSA) is 46.6 Å². The van der Waals surface area contributed by atoms with Gasteiger partial charge in [0.25, 0.3) is 0 Å². The molecular weight excluding hydrogens is 285 g/mol. The molecule has 0 spiro atoms. The van der Waals surface area contributed by atoms with Gasteiger partial charge in [-0.25, -0.2) is 4.39 Å². The molecule has 6 heteroatoms. The van der Waals surface area contributed by atoms with Gasteiger partial charge in [0.1, 0.15) is 12.4 Å². The van der Waals surface area contributed by atoms with Crippen LogP contribution < -0.4 is 0 Å². The minimum Gasteiger partial charge on any atom is -0.465 e. The lowest BCUT2D eigenvalue weighted by Crippen LogP contribution is -2.31. The van der Waals surface area contributed by atoms with Crippen molar-refractivity contribution >= 4 is 29.6 Å². The van der Waals surface area contributed by atoms with E-state index in [0.29, 0.717) is 0 Å². The van der Waals surface area contributed by atoms with Crippen LogP contribution in [0.25, 0.3) is 6.08 Å². The zero-order valence-corrected chi connectivity index (χ0v) is 12.0. The van der Waals surface area contributed by atoms with Crippen molar-refractivity contribution in [3.05, 3.63) is 40.7 Å². The zero-order chi connectivity index (χ0) is 15.1. The maximum Gasteiger partial charge on any atom is 0.325 e. The predicted molar refractivity (Wildman–Crippen MR) is 74.7 cm³/mol. The molecule has 0 saturated heterocycles. The molecule has 0 atom stereocenters. The van der Waals surface area contributed by atoms with Gasteiger partial charge in [-0.2, -0.15) is 0 Å². The summed E-state index contributed by atoms with van der Waals surface area (Å²) >= 11 is 5.83. The van der Waals surface area contributed by atoms with Gasteiger partial charge in [-0.3, -0.25) is 9.59 Å². The van der Waals surface area contributed by atoms with Crippen molar-refractivity contribution in [2.75, 3.05) is 20.2 Å². The van der Waals surface area contributed by atoms with Gasteiger partial charge in [0.05, 0.1) is 11.6 Å². The molecule has 0 heterocycles. The lowest BCUT2D eigenvalue weighted by atomic mass is 10.2. The van der Waals surface area contributed by atoms with Crippen molar-refractivity contribution in [2.24, 2.45) is 0 Å². The summed E-state index contributed by atoms with van der Waals surface area (Å²) in [5, 5.41) is 0.210. The van der Waals surface area contributed by atoms with Crippen LogP contribution in [0.15, 0.2) is 24.3 Å². The summed E-state index contributed by atoms with van der Waals surface area (Å²) in [6.45, 7) is 1.77. The maximum absolute atomic E-state index is 13.5. The molecule has 4 nitrogen and oxygen atoms in total. The Balaban J connectivity index is 2.70. The van der Waals surface area contributed by atoms with E-state index in [-0.39, 0.29) is 23.7 Å². The van der Waals surface area contributed by atoms with Gasteiger partial charge in [-0.1, -0.05) is 17.7 Å². The Bertz CT molecular complexity index is 511. The lowest BCUT2D eigenvalue weighted by molar-refractivity contribution is -0.146. The van der Waals surface area contributed by atoms with Crippen LogP contribution in [0, 0.1) is 5.82 Å². The Morgan fingerprint density at radius 1 is 1.45 bits per heavy atom. The van der Waals surface area contributed by atoms with Crippen molar-refractivity contribution in [3.63, 3.8) is 0 Å². The number of amides is 1. The van der Waals surface area contributed by atoms with Crippen LogP contribution in [0.4, 0.5) is 4.39 Å². The number of hydrogen-bond donors (Lipinski definition) is 0. The van der Waals surface area contributed by atoms with E-state index < -0.39 is 17.7 Å². The normalized spacial score (nSPS) is 10.6. The fourth-order valence-electron chi connectivity index (χ4n) is 1.43. The summed E-state index contributed by atoms with van der Waals surface area (Å²) < 4.78 is 18.2. The van der Waals surface area contributed by atoms with Gasteiger partial charge in [0.2, 0.25) is 5.91 Å². The highest BCUT2D eigenvalue weighted by Crippen LogP contribution is 2.20. The van der Waals surface area contributed by atoms with Gasteiger partial charge in [0, 0.05) is 18.7 Å². The number of ether oxygens (including phenoxy) is 1. The third kappa shape index (κ3) is 4.66. The number of carbonyl (C=O) groups excluding carboxylic acids is 2. The second-order valence-electron chi connectivity index (χ2n) is 3.97. The minimum absolute atomic E-state index is 0.132. The Labute approximate surface area is 121 Å². The maximum atomic E-state index is 13.5. The van der Waals surface area contributed by atoms with Crippen LogP contribution in [-0.4, -0.2) is 37.0 Å². The molecule has 0 aliphatic heterocycles. The molecule has 0 saturated carbocycles. The summed E-state index contributed by atoms with van der Waals surface area (Å²) in [4.78, 5) is 24.1. The molecule has 20 heavy (non-hydrogen) atoms. The van der Waals surface area contributed by atoms with Crippen molar-refractivity contribution < 1.29 is 18.7 Å². The third-order valence-electron chi connectivity index (χ3n) is 2.44. The number of nitrogens with zero attached hydrogens (tertiary/aromatic N) is 1. The molecule has 0 bridgehead atoms. The van der Waals surface area contributed by atoms with Crippen LogP contribution in [0.2, 0.25) is 5.02 Å². The van der Waals surface area contributed by atoms with Crippen LogP contribution >= 0.6 is 11.6 Å². The molecule has 1 aromatic carbocycles. The van der Waals surface area contributed by atoms with Crippen molar-refractivity contribution in [1.82, 2.24) is 4.90 Å². The Hall–Kier alpha value is -1.88. The number of halogens is 2. The van der Waals surface area contributed by atoms with E-state index in [1.807, 2.05) is 0 Å². The van der Waals surface area contributed by atoms with Gasteiger partial charge in [-0.05, 0) is 25.1 Å². The van der Waals surface area contributed by atoms with Crippen molar-refractivity contribution in [1.29, 1.82) is 0 Å². The van der Waals surface area contributed by atoms with E-state index in [4.69, 9.17) is 16.3 Å². The highest BCUT2D eigenvalue weighted by Gasteiger charge is 2.11. The van der Waals surface area contributed by atoms with E-state index >= 15 is 0 Å². The van der Waals surface area contributed by atoms with Crippen molar-refractivity contribution in [2.45, 2.75) is 6.92 Å². The third-order valence-corrected chi connectivity index (χ3v) is 2.77. The lowest BCUT2D eigenvalue weighted by Gasteiger charge is -2.13. The van der Waals surface area contributed by atoms with Crippen molar-refractivity contribution in [3.8, 4) is 0 Å². The number of likely N-dealkylation sites (N-methyl/N-ethyl adjacent to an activating group) is 1. The molecule has 1 amide bonds.